The van der Waals surface area contributed by atoms with E-state index in [0.717, 1.165) is 19.3 Å². The number of hydrogen-bond acceptors (Lipinski definition) is 5. The van der Waals surface area contributed by atoms with Crippen LogP contribution in [0.5, 0.6) is 0 Å². The lowest BCUT2D eigenvalue weighted by atomic mass is 9.79. The van der Waals surface area contributed by atoms with Crippen molar-refractivity contribution in [2.45, 2.75) is 51.0 Å². The molecule has 0 N–H and O–H groups in total. The van der Waals surface area contributed by atoms with E-state index in [4.69, 9.17) is 9.26 Å². The average molecular weight is 238 g/mol. The van der Waals surface area contributed by atoms with Crippen LogP contribution in [-0.4, -0.2) is 23.0 Å². The molecule has 17 heavy (non-hydrogen) atoms. The van der Waals surface area contributed by atoms with Crippen LogP contribution in [0.25, 0.3) is 0 Å². The number of methoxy groups -OCH3 is 1. The first-order valence-corrected chi connectivity index (χ1v) is 6.05. The van der Waals surface area contributed by atoms with E-state index in [0.29, 0.717) is 18.1 Å². The first-order chi connectivity index (χ1) is 8.13. The second-order valence-electron chi connectivity index (χ2n) is 4.55. The first kappa shape index (κ1) is 12.2. The van der Waals surface area contributed by atoms with Gasteiger partial charge in [-0.1, -0.05) is 12.1 Å². The molecule has 0 spiro atoms. The van der Waals surface area contributed by atoms with Crippen molar-refractivity contribution in [3.63, 3.8) is 0 Å². The molecule has 0 saturated heterocycles. The predicted octanol–water partition coefficient (Wildman–Crippen LogP) is 2.18. The van der Waals surface area contributed by atoms with E-state index in [9.17, 15) is 4.79 Å². The Hall–Kier alpha value is -1.23. The average Bonchev–Trinajstić information content (AvgIpc) is 2.76. The molecule has 5 heteroatoms. The van der Waals surface area contributed by atoms with E-state index < -0.39 is 0 Å². The molecule has 1 fully saturated rings. The molecule has 5 nitrogen and oxygen atoms in total. The molecule has 0 aromatic carbocycles. The fourth-order valence-electron chi connectivity index (χ4n) is 2.06. The summed E-state index contributed by atoms with van der Waals surface area (Å²) in [4.78, 5) is 15.9. The second-order valence-corrected chi connectivity index (χ2v) is 4.55. The summed E-state index contributed by atoms with van der Waals surface area (Å²) in [5.41, 5.74) is -0.378. The largest absolute Gasteiger partial charge is 0.370 e. The summed E-state index contributed by atoms with van der Waals surface area (Å²) in [6.45, 7) is 3.63. The molecule has 1 unspecified atom stereocenters. The zero-order valence-corrected chi connectivity index (χ0v) is 10.5. The minimum atomic E-state index is -0.378. The Labute approximate surface area is 101 Å². The molecule has 0 aliphatic heterocycles. The molecule has 1 saturated carbocycles. The van der Waals surface area contributed by atoms with Crippen LogP contribution in [0.15, 0.2) is 4.52 Å². The quantitative estimate of drug-likeness (QED) is 0.786. The standard InChI is InChI=1S/C12H18N2O3/c1-4-9(15)8(2)10-13-11(14-17-10)12(16-3)6-5-7-12/h8H,4-7H2,1-3H3. The van der Waals surface area contributed by atoms with Crippen molar-refractivity contribution in [2.24, 2.45) is 0 Å². The summed E-state index contributed by atoms with van der Waals surface area (Å²) in [6, 6.07) is 0. The number of ketones is 1. The van der Waals surface area contributed by atoms with Gasteiger partial charge in [-0.3, -0.25) is 4.79 Å². The molecule has 1 aromatic rings. The molecule has 0 radical (unpaired) electrons. The Bertz CT molecular complexity index is 404. The van der Waals surface area contributed by atoms with Crippen molar-refractivity contribution in [3.05, 3.63) is 11.7 Å². The van der Waals surface area contributed by atoms with Gasteiger partial charge in [0.25, 0.3) is 0 Å². The Morgan fingerprint density at radius 3 is 2.76 bits per heavy atom. The van der Waals surface area contributed by atoms with E-state index in [1.165, 1.54) is 0 Å². The van der Waals surface area contributed by atoms with Crippen LogP contribution in [0.2, 0.25) is 0 Å². The van der Waals surface area contributed by atoms with Gasteiger partial charge in [-0.05, 0) is 26.2 Å². The number of ether oxygens (including phenoxy) is 1. The van der Waals surface area contributed by atoms with E-state index >= 15 is 0 Å². The Morgan fingerprint density at radius 1 is 1.59 bits per heavy atom. The minimum absolute atomic E-state index is 0.111. The third-order valence-corrected chi connectivity index (χ3v) is 3.60. The number of carbonyl (C=O) groups is 1. The van der Waals surface area contributed by atoms with Crippen molar-refractivity contribution >= 4 is 5.78 Å². The number of rotatable bonds is 5. The van der Waals surface area contributed by atoms with Crippen molar-refractivity contribution in [3.8, 4) is 0 Å². The van der Waals surface area contributed by atoms with Gasteiger partial charge in [0.1, 0.15) is 11.4 Å². The lowest BCUT2D eigenvalue weighted by molar-refractivity contribution is -0.120. The highest BCUT2D eigenvalue weighted by Crippen LogP contribution is 2.42. The molecule has 0 amide bonds. The fourth-order valence-corrected chi connectivity index (χ4v) is 2.06. The number of aromatic nitrogens is 2. The molecular formula is C12H18N2O3. The number of Topliss-reactive ketones (excluding diaryl/α,β-unsaturated/α-hetero) is 1. The summed E-state index contributed by atoms with van der Waals surface area (Å²) >= 11 is 0. The maximum Gasteiger partial charge on any atom is 0.237 e. The molecule has 2 rings (SSSR count). The summed E-state index contributed by atoms with van der Waals surface area (Å²) in [5.74, 6) is 0.766. The highest BCUT2D eigenvalue weighted by atomic mass is 16.5. The van der Waals surface area contributed by atoms with Gasteiger partial charge in [0.2, 0.25) is 11.7 Å². The molecule has 1 heterocycles. The Morgan fingerprint density at radius 2 is 2.29 bits per heavy atom. The zero-order chi connectivity index (χ0) is 12.5. The van der Waals surface area contributed by atoms with Crippen molar-refractivity contribution in [1.82, 2.24) is 10.1 Å². The maximum absolute atomic E-state index is 11.6. The fraction of sp³-hybridized carbons (Fsp3) is 0.750. The van der Waals surface area contributed by atoms with E-state index in [1.807, 2.05) is 6.92 Å². The van der Waals surface area contributed by atoms with Crippen LogP contribution in [0, 0.1) is 0 Å². The number of nitrogens with zero attached hydrogens (tertiary/aromatic N) is 2. The van der Waals surface area contributed by atoms with Crippen LogP contribution in [0.1, 0.15) is 57.2 Å². The molecule has 1 aliphatic rings. The lowest BCUT2D eigenvalue weighted by Crippen LogP contribution is -2.37. The van der Waals surface area contributed by atoms with Gasteiger partial charge in [0, 0.05) is 13.5 Å². The third kappa shape index (κ3) is 1.99. The lowest BCUT2D eigenvalue weighted by Gasteiger charge is -2.37. The monoisotopic (exact) mass is 238 g/mol. The normalized spacial score (nSPS) is 19.7. The van der Waals surface area contributed by atoms with Crippen LogP contribution in [-0.2, 0) is 15.1 Å². The van der Waals surface area contributed by atoms with Gasteiger partial charge in [-0.2, -0.15) is 4.98 Å². The summed E-state index contributed by atoms with van der Waals surface area (Å²) < 4.78 is 10.6. The Kier molecular flexibility index (Phi) is 3.28. The highest BCUT2D eigenvalue weighted by molar-refractivity contribution is 5.83. The molecule has 1 aliphatic carbocycles. The summed E-state index contributed by atoms with van der Waals surface area (Å²) in [7, 11) is 1.66. The van der Waals surface area contributed by atoms with Crippen LogP contribution in [0.3, 0.4) is 0 Å². The smallest absolute Gasteiger partial charge is 0.237 e. The van der Waals surface area contributed by atoms with Gasteiger partial charge in [-0.25, -0.2) is 0 Å². The SMILES string of the molecule is CCC(=O)C(C)c1nc(C2(OC)CCC2)no1. The van der Waals surface area contributed by atoms with Gasteiger partial charge >= 0.3 is 0 Å². The van der Waals surface area contributed by atoms with Gasteiger partial charge in [0.05, 0.1) is 5.92 Å². The minimum Gasteiger partial charge on any atom is -0.370 e. The predicted molar refractivity (Wildman–Crippen MR) is 60.5 cm³/mol. The number of hydrogen-bond donors (Lipinski definition) is 0. The molecule has 0 bridgehead atoms. The molecule has 1 atom stereocenters. The second kappa shape index (κ2) is 4.56. The van der Waals surface area contributed by atoms with Gasteiger partial charge in [0.15, 0.2) is 0 Å². The maximum atomic E-state index is 11.6. The van der Waals surface area contributed by atoms with E-state index in [1.54, 1.807) is 14.0 Å². The molecule has 1 aromatic heterocycles. The van der Waals surface area contributed by atoms with Crippen molar-refractivity contribution < 1.29 is 14.1 Å². The van der Waals surface area contributed by atoms with E-state index in [-0.39, 0.29) is 17.3 Å². The van der Waals surface area contributed by atoms with Gasteiger partial charge < -0.3 is 9.26 Å². The van der Waals surface area contributed by atoms with Crippen LogP contribution < -0.4 is 0 Å². The van der Waals surface area contributed by atoms with E-state index in [2.05, 4.69) is 10.1 Å². The van der Waals surface area contributed by atoms with Crippen molar-refractivity contribution in [2.75, 3.05) is 7.11 Å². The van der Waals surface area contributed by atoms with Crippen LogP contribution >= 0.6 is 0 Å². The zero-order valence-electron chi connectivity index (χ0n) is 10.5. The summed E-state index contributed by atoms with van der Waals surface area (Å²) in [6.07, 6.45) is 3.42. The molecular weight excluding hydrogens is 220 g/mol. The topological polar surface area (TPSA) is 65.2 Å². The van der Waals surface area contributed by atoms with Crippen LogP contribution in [0.4, 0.5) is 0 Å². The molecule has 94 valence electrons. The summed E-state index contributed by atoms with van der Waals surface area (Å²) in [5, 5.41) is 3.96. The first-order valence-electron chi connectivity index (χ1n) is 6.05. The van der Waals surface area contributed by atoms with Gasteiger partial charge in [-0.15, -0.1) is 0 Å². The Balaban J connectivity index is 2.18. The highest BCUT2D eigenvalue weighted by Gasteiger charge is 2.43. The number of carbonyl (C=O) groups excluding carboxylic acids is 1. The third-order valence-electron chi connectivity index (χ3n) is 3.60. The van der Waals surface area contributed by atoms with Crippen molar-refractivity contribution in [1.29, 1.82) is 0 Å².